The molecule has 0 spiro atoms. The van der Waals surface area contributed by atoms with Gasteiger partial charge in [0.15, 0.2) is 0 Å². The molecule has 2 fully saturated rings. The van der Waals surface area contributed by atoms with E-state index in [1.807, 2.05) is 6.92 Å². The zero-order valence-electron chi connectivity index (χ0n) is 24.5. The highest BCUT2D eigenvalue weighted by atomic mass is 19.4. The summed E-state index contributed by atoms with van der Waals surface area (Å²) < 4.78 is 83.7. The maximum absolute atomic E-state index is 13.7. The molecule has 1 saturated carbocycles. The molecule has 15 heteroatoms. The maximum atomic E-state index is 13.7. The first-order chi connectivity index (χ1) is 21.2. The van der Waals surface area contributed by atoms with Crippen LogP contribution in [0.4, 0.5) is 32.3 Å². The Balaban J connectivity index is 1.51. The molecule has 1 saturated heterocycles. The van der Waals surface area contributed by atoms with E-state index in [0.29, 0.717) is 55.4 Å². The summed E-state index contributed by atoms with van der Waals surface area (Å²) in [5.41, 5.74) is -1.82. The van der Waals surface area contributed by atoms with E-state index >= 15 is 0 Å². The lowest BCUT2D eigenvalue weighted by atomic mass is 9.94. The Morgan fingerprint density at radius 3 is 2.11 bits per heavy atom. The molecule has 1 N–H and O–H groups in total. The van der Waals surface area contributed by atoms with Gasteiger partial charge in [0, 0.05) is 55.9 Å². The average Bonchev–Trinajstić information content (AvgIpc) is 3.74. The number of likely N-dealkylation sites (tertiary alicyclic amines) is 1. The Morgan fingerprint density at radius 2 is 1.58 bits per heavy atom. The number of halogens is 6. The lowest BCUT2D eigenvalue weighted by molar-refractivity contribution is -0.149. The molecule has 1 unspecified atom stereocenters. The van der Waals surface area contributed by atoms with Crippen molar-refractivity contribution in [3.63, 3.8) is 0 Å². The van der Waals surface area contributed by atoms with Gasteiger partial charge in [-0.25, -0.2) is 9.97 Å². The zero-order valence-corrected chi connectivity index (χ0v) is 24.5. The van der Waals surface area contributed by atoms with E-state index in [2.05, 4.69) is 15.1 Å². The SMILES string of the molecule is CC[C@@H]1C[C@H](N(Cc2cc(C(F)(F)F)cc(C(F)(F)F)c2)c2ncc(-c3cnn(C)c3)cn2)CN1C(=O)C1CCC[C@@H]1C(=O)O. The van der Waals surface area contributed by atoms with Gasteiger partial charge in [0.2, 0.25) is 11.9 Å². The minimum absolute atomic E-state index is 0.0621. The van der Waals surface area contributed by atoms with Crippen LogP contribution in [0.25, 0.3) is 11.1 Å². The van der Waals surface area contributed by atoms with E-state index in [9.17, 15) is 41.0 Å². The van der Waals surface area contributed by atoms with E-state index in [0.717, 1.165) is 0 Å². The smallest absolute Gasteiger partial charge is 0.416 e. The fourth-order valence-electron chi connectivity index (χ4n) is 6.40. The number of anilines is 1. The number of aliphatic carboxylic acids is 1. The van der Waals surface area contributed by atoms with Gasteiger partial charge in [0.05, 0.1) is 35.2 Å². The fourth-order valence-corrected chi connectivity index (χ4v) is 6.40. The second-order valence-corrected chi connectivity index (χ2v) is 11.6. The molecule has 1 aromatic carbocycles. The average molecular weight is 639 g/mol. The van der Waals surface area contributed by atoms with Crippen molar-refractivity contribution in [2.24, 2.45) is 18.9 Å². The van der Waals surface area contributed by atoms with Gasteiger partial charge in [-0.2, -0.15) is 31.4 Å². The van der Waals surface area contributed by atoms with Gasteiger partial charge in [-0.15, -0.1) is 0 Å². The van der Waals surface area contributed by atoms with Gasteiger partial charge >= 0.3 is 18.3 Å². The number of carboxylic acid groups (broad SMARTS) is 1. The summed E-state index contributed by atoms with van der Waals surface area (Å²) in [4.78, 5) is 37.5. The molecule has 3 heterocycles. The maximum Gasteiger partial charge on any atom is 0.416 e. The Morgan fingerprint density at radius 1 is 0.956 bits per heavy atom. The number of carbonyl (C=O) groups is 2. The number of hydrogen-bond donors (Lipinski definition) is 1. The number of carbonyl (C=O) groups excluding carboxylic acids is 1. The van der Waals surface area contributed by atoms with Crippen molar-refractivity contribution in [3.05, 3.63) is 59.7 Å². The third kappa shape index (κ3) is 6.91. The van der Waals surface area contributed by atoms with Crippen LogP contribution in [0.3, 0.4) is 0 Å². The molecular weight excluding hydrogens is 606 g/mol. The number of aromatic nitrogens is 4. The third-order valence-electron chi connectivity index (χ3n) is 8.67. The highest BCUT2D eigenvalue weighted by molar-refractivity contribution is 5.86. The van der Waals surface area contributed by atoms with Crippen LogP contribution >= 0.6 is 0 Å². The van der Waals surface area contributed by atoms with Crippen LogP contribution in [0.2, 0.25) is 0 Å². The van der Waals surface area contributed by atoms with Gasteiger partial charge in [-0.1, -0.05) is 13.3 Å². The normalized spacial score (nSPS) is 22.2. The van der Waals surface area contributed by atoms with E-state index in [4.69, 9.17) is 0 Å². The van der Waals surface area contributed by atoms with E-state index in [1.54, 1.807) is 29.0 Å². The van der Waals surface area contributed by atoms with Crippen LogP contribution in [-0.2, 0) is 35.5 Å². The van der Waals surface area contributed by atoms with Gasteiger partial charge in [0.25, 0.3) is 0 Å². The van der Waals surface area contributed by atoms with Gasteiger partial charge in [-0.05, 0) is 49.4 Å². The molecule has 5 rings (SSSR count). The first-order valence-electron chi connectivity index (χ1n) is 14.5. The number of hydrogen-bond acceptors (Lipinski definition) is 6. The molecule has 45 heavy (non-hydrogen) atoms. The molecule has 3 aromatic rings. The molecule has 1 amide bonds. The molecule has 242 valence electrons. The zero-order chi connectivity index (χ0) is 32.7. The van der Waals surface area contributed by atoms with Crippen molar-refractivity contribution >= 4 is 17.8 Å². The Bertz CT molecular complexity index is 1510. The predicted octanol–water partition coefficient (Wildman–Crippen LogP) is 5.80. The number of rotatable bonds is 8. The van der Waals surface area contributed by atoms with Gasteiger partial charge in [0.1, 0.15) is 0 Å². The lowest BCUT2D eigenvalue weighted by Gasteiger charge is -2.30. The Kier molecular flexibility index (Phi) is 8.82. The van der Waals surface area contributed by atoms with Crippen molar-refractivity contribution in [2.75, 3.05) is 11.4 Å². The number of nitrogens with zero attached hydrogens (tertiary/aromatic N) is 6. The van der Waals surface area contributed by atoms with Gasteiger partial charge in [-0.3, -0.25) is 14.3 Å². The molecular formula is C30H32F6N6O3. The number of aryl methyl sites for hydroxylation is 1. The van der Waals surface area contributed by atoms with Crippen molar-refractivity contribution in [3.8, 4) is 11.1 Å². The van der Waals surface area contributed by atoms with Crippen molar-refractivity contribution in [2.45, 2.75) is 70.0 Å². The predicted molar refractivity (Wildman–Crippen MR) is 150 cm³/mol. The van der Waals surface area contributed by atoms with Crippen molar-refractivity contribution in [1.29, 1.82) is 0 Å². The number of amides is 1. The summed E-state index contributed by atoms with van der Waals surface area (Å²) >= 11 is 0. The standard InChI is InChI=1S/C30H32F6N6O3/c1-3-22-10-23(16-41(22)26(43)24-5-4-6-25(24)27(44)45)42(28-37-11-18(12-38-28)19-13-39-40(2)15-19)14-17-7-20(29(31,32)33)9-21(8-17)30(34,35)36/h7-9,11-13,15,22-25H,3-6,10,14,16H2,1-2H3,(H,44,45)/t22-,23+,24?,25+/m1/s1. The largest absolute Gasteiger partial charge is 0.481 e. The summed E-state index contributed by atoms with van der Waals surface area (Å²) in [6.45, 7) is 1.55. The minimum atomic E-state index is -5.02. The lowest BCUT2D eigenvalue weighted by Crippen LogP contribution is -2.44. The van der Waals surface area contributed by atoms with Crippen LogP contribution in [0, 0.1) is 11.8 Å². The third-order valence-corrected chi connectivity index (χ3v) is 8.67. The number of carboxylic acids is 1. The summed E-state index contributed by atoms with van der Waals surface area (Å²) in [5.74, 6) is -2.79. The Labute approximate surface area is 254 Å². The van der Waals surface area contributed by atoms with Crippen LogP contribution in [0.5, 0.6) is 0 Å². The fraction of sp³-hybridized carbons (Fsp3) is 0.500. The summed E-state index contributed by atoms with van der Waals surface area (Å²) in [7, 11) is 1.73. The highest BCUT2D eigenvalue weighted by Crippen LogP contribution is 2.39. The van der Waals surface area contributed by atoms with E-state index < -0.39 is 53.9 Å². The molecule has 2 aliphatic rings. The topological polar surface area (TPSA) is 104 Å². The molecule has 0 bridgehead atoms. The first kappa shape index (κ1) is 32.2. The summed E-state index contributed by atoms with van der Waals surface area (Å²) in [6.07, 6.45) is -1.45. The minimum Gasteiger partial charge on any atom is -0.481 e. The Hall–Kier alpha value is -4.17. The van der Waals surface area contributed by atoms with E-state index in [1.165, 1.54) is 17.3 Å². The molecule has 0 radical (unpaired) electrons. The quantitative estimate of drug-likeness (QED) is 0.311. The van der Waals surface area contributed by atoms with Crippen molar-refractivity contribution < 1.29 is 41.0 Å². The molecule has 1 aliphatic heterocycles. The van der Waals surface area contributed by atoms with Crippen LogP contribution in [-0.4, -0.2) is 60.3 Å². The summed E-state index contributed by atoms with van der Waals surface area (Å²) in [5, 5.41) is 13.8. The molecule has 9 nitrogen and oxygen atoms in total. The second-order valence-electron chi connectivity index (χ2n) is 11.6. The monoisotopic (exact) mass is 638 g/mol. The van der Waals surface area contributed by atoms with Crippen molar-refractivity contribution in [1.82, 2.24) is 24.6 Å². The van der Waals surface area contributed by atoms with Gasteiger partial charge < -0.3 is 14.9 Å². The highest BCUT2D eigenvalue weighted by Gasteiger charge is 2.45. The van der Waals surface area contributed by atoms with E-state index in [-0.39, 0.29) is 36.1 Å². The number of alkyl halides is 6. The van der Waals surface area contributed by atoms with Crippen LogP contribution < -0.4 is 4.90 Å². The number of benzene rings is 1. The molecule has 2 aromatic heterocycles. The van der Waals surface area contributed by atoms with Crippen LogP contribution in [0.1, 0.15) is 55.7 Å². The molecule has 4 atom stereocenters. The first-order valence-corrected chi connectivity index (χ1v) is 14.5. The second kappa shape index (κ2) is 12.3. The van der Waals surface area contributed by atoms with Crippen LogP contribution in [0.15, 0.2) is 43.0 Å². The molecule has 1 aliphatic carbocycles. The summed E-state index contributed by atoms with van der Waals surface area (Å²) in [6, 6.07) is 0.546.